The molecule has 30 heavy (non-hydrogen) atoms. The first-order valence-corrected chi connectivity index (χ1v) is 9.68. The Labute approximate surface area is 176 Å². The van der Waals surface area contributed by atoms with Gasteiger partial charge in [0.15, 0.2) is 11.5 Å². The Morgan fingerprint density at radius 1 is 1.07 bits per heavy atom. The predicted octanol–water partition coefficient (Wildman–Crippen LogP) is 3.97. The summed E-state index contributed by atoms with van der Waals surface area (Å²) in [6.07, 6.45) is 1.68. The minimum atomic E-state index is -0.541. The van der Waals surface area contributed by atoms with E-state index < -0.39 is 5.97 Å². The Balaban J connectivity index is 2.02. The second kappa shape index (κ2) is 9.31. The lowest BCUT2D eigenvalue weighted by molar-refractivity contribution is -0.136. The first-order chi connectivity index (χ1) is 14.5. The third-order valence-electron chi connectivity index (χ3n) is 4.88. The van der Waals surface area contributed by atoms with Gasteiger partial charge in [0, 0.05) is 5.70 Å². The van der Waals surface area contributed by atoms with Crippen molar-refractivity contribution in [3.63, 3.8) is 0 Å². The maximum atomic E-state index is 13.2. The zero-order chi connectivity index (χ0) is 21.7. The molecule has 0 atom stereocenters. The number of esters is 1. The Kier molecular flexibility index (Phi) is 6.57. The van der Waals surface area contributed by atoms with E-state index in [9.17, 15) is 9.59 Å². The van der Waals surface area contributed by atoms with Gasteiger partial charge in [-0.1, -0.05) is 36.4 Å². The summed E-state index contributed by atoms with van der Waals surface area (Å²) in [6.45, 7) is 4.53. The number of hydrogen-bond acceptors (Lipinski definition) is 5. The standard InChI is InChI=1S/C24H25NO5/c1-5-30-20-12-11-18(14-21(20)28-3)13-19-22(24(27)29-4)16(2)25(23(19)26)15-17-9-7-6-8-10-17/h6-14H,5,15H2,1-4H3/b19-13-. The number of benzene rings is 2. The molecule has 6 nitrogen and oxygen atoms in total. The van der Waals surface area contributed by atoms with Crippen LogP contribution in [0.4, 0.5) is 0 Å². The van der Waals surface area contributed by atoms with E-state index in [1.807, 2.05) is 43.3 Å². The van der Waals surface area contributed by atoms with E-state index in [0.29, 0.717) is 35.9 Å². The topological polar surface area (TPSA) is 65.1 Å². The number of nitrogens with zero attached hydrogens (tertiary/aromatic N) is 1. The van der Waals surface area contributed by atoms with Crippen molar-refractivity contribution in [2.75, 3.05) is 20.8 Å². The highest BCUT2D eigenvalue weighted by molar-refractivity contribution is 6.16. The van der Waals surface area contributed by atoms with E-state index in [1.165, 1.54) is 7.11 Å². The van der Waals surface area contributed by atoms with Crippen molar-refractivity contribution in [3.05, 3.63) is 76.5 Å². The van der Waals surface area contributed by atoms with Crippen LogP contribution in [0.15, 0.2) is 65.4 Å². The SMILES string of the molecule is CCOc1ccc(/C=C2\C(=O)N(Cc3ccccc3)C(C)=C2C(=O)OC)cc1OC. The molecule has 0 N–H and O–H groups in total. The lowest BCUT2D eigenvalue weighted by atomic mass is 10.0. The Morgan fingerprint density at radius 3 is 2.43 bits per heavy atom. The summed E-state index contributed by atoms with van der Waals surface area (Å²) < 4.78 is 15.9. The normalized spacial score (nSPS) is 15.0. The van der Waals surface area contributed by atoms with Crippen LogP contribution in [0.5, 0.6) is 11.5 Å². The average Bonchev–Trinajstić information content (AvgIpc) is 2.99. The molecule has 1 aliphatic rings. The molecule has 0 aromatic heterocycles. The van der Waals surface area contributed by atoms with Crippen molar-refractivity contribution in [1.29, 1.82) is 0 Å². The van der Waals surface area contributed by atoms with Gasteiger partial charge in [0.05, 0.1) is 38.5 Å². The lowest BCUT2D eigenvalue weighted by Gasteiger charge is -2.17. The van der Waals surface area contributed by atoms with E-state index in [1.54, 1.807) is 37.1 Å². The maximum absolute atomic E-state index is 13.2. The number of hydrogen-bond donors (Lipinski definition) is 0. The summed E-state index contributed by atoms with van der Waals surface area (Å²) in [5.41, 5.74) is 2.82. The number of allylic oxidation sites excluding steroid dienone is 1. The first-order valence-electron chi connectivity index (χ1n) is 9.68. The van der Waals surface area contributed by atoms with Crippen LogP contribution in [0.25, 0.3) is 6.08 Å². The lowest BCUT2D eigenvalue weighted by Crippen LogP contribution is -2.24. The number of rotatable bonds is 7. The minimum Gasteiger partial charge on any atom is -0.493 e. The summed E-state index contributed by atoms with van der Waals surface area (Å²) in [5.74, 6) is 0.383. The average molecular weight is 407 g/mol. The Bertz CT molecular complexity index is 1010. The van der Waals surface area contributed by atoms with Crippen LogP contribution in [0, 0.1) is 0 Å². The summed E-state index contributed by atoms with van der Waals surface area (Å²) >= 11 is 0. The molecule has 0 unspecified atom stereocenters. The molecule has 0 saturated carbocycles. The minimum absolute atomic E-state index is 0.246. The summed E-state index contributed by atoms with van der Waals surface area (Å²) in [5, 5.41) is 0. The van der Waals surface area contributed by atoms with Crippen LogP contribution in [0.2, 0.25) is 0 Å². The number of amides is 1. The third-order valence-corrected chi connectivity index (χ3v) is 4.88. The van der Waals surface area contributed by atoms with E-state index in [-0.39, 0.29) is 11.5 Å². The second-order valence-electron chi connectivity index (χ2n) is 6.73. The van der Waals surface area contributed by atoms with Gasteiger partial charge in [-0.3, -0.25) is 4.79 Å². The number of methoxy groups -OCH3 is 2. The molecule has 2 aromatic rings. The third kappa shape index (κ3) is 4.22. The van der Waals surface area contributed by atoms with E-state index in [0.717, 1.165) is 11.1 Å². The van der Waals surface area contributed by atoms with Crippen molar-refractivity contribution in [2.45, 2.75) is 20.4 Å². The fraction of sp³-hybridized carbons (Fsp3) is 0.250. The van der Waals surface area contributed by atoms with Crippen LogP contribution >= 0.6 is 0 Å². The van der Waals surface area contributed by atoms with E-state index in [4.69, 9.17) is 14.2 Å². The van der Waals surface area contributed by atoms with Gasteiger partial charge >= 0.3 is 5.97 Å². The molecule has 156 valence electrons. The van der Waals surface area contributed by atoms with Gasteiger partial charge in [-0.05, 0) is 43.2 Å². The molecule has 2 aromatic carbocycles. The summed E-state index contributed by atoms with van der Waals surface area (Å²) in [7, 11) is 2.87. The van der Waals surface area contributed by atoms with Gasteiger partial charge in [-0.2, -0.15) is 0 Å². The van der Waals surface area contributed by atoms with Gasteiger partial charge < -0.3 is 19.1 Å². The molecule has 1 amide bonds. The van der Waals surface area contributed by atoms with Crippen LogP contribution in [0.3, 0.4) is 0 Å². The monoisotopic (exact) mass is 407 g/mol. The van der Waals surface area contributed by atoms with Gasteiger partial charge in [-0.25, -0.2) is 4.79 Å². The molecule has 0 saturated heterocycles. The van der Waals surface area contributed by atoms with Crippen molar-refractivity contribution >= 4 is 18.0 Å². The molecule has 0 aliphatic carbocycles. The first kappa shape index (κ1) is 21.2. The molecule has 6 heteroatoms. The molecule has 1 aliphatic heterocycles. The number of ether oxygens (including phenoxy) is 3. The number of carbonyl (C=O) groups excluding carboxylic acids is 2. The maximum Gasteiger partial charge on any atom is 0.340 e. The molecule has 3 rings (SSSR count). The zero-order valence-corrected chi connectivity index (χ0v) is 17.6. The summed E-state index contributed by atoms with van der Waals surface area (Å²) in [6, 6.07) is 15.0. The van der Waals surface area contributed by atoms with Crippen molar-refractivity contribution in [2.24, 2.45) is 0 Å². The highest BCUT2D eigenvalue weighted by Crippen LogP contribution is 2.34. The van der Waals surface area contributed by atoms with Crippen LogP contribution in [0.1, 0.15) is 25.0 Å². The Hall–Kier alpha value is -3.54. The predicted molar refractivity (Wildman–Crippen MR) is 114 cm³/mol. The quantitative estimate of drug-likeness (QED) is 0.513. The van der Waals surface area contributed by atoms with Gasteiger partial charge in [0.1, 0.15) is 0 Å². The smallest absolute Gasteiger partial charge is 0.340 e. The van der Waals surface area contributed by atoms with Crippen molar-refractivity contribution < 1.29 is 23.8 Å². The Morgan fingerprint density at radius 2 is 1.80 bits per heavy atom. The molecular weight excluding hydrogens is 382 g/mol. The number of carbonyl (C=O) groups is 2. The summed E-state index contributed by atoms with van der Waals surface area (Å²) in [4.78, 5) is 27.3. The molecule has 1 heterocycles. The van der Waals surface area contributed by atoms with Crippen molar-refractivity contribution in [1.82, 2.24) is 4.90 Å². The van der Waals surface area contributed by atoms with Gasteiger partial charge in [0.2, 0.25) is 0 Å². The molecular formula is C24H25NO5. The van der Waals surface area contributed by atoms with Crippen LogP contribution < -0.4 is 9.47 Å². The van der Waals surface area contributed by atoms with Gasteiger partial charge in [-0.15, -0.1) is 0 Å². The molecule has 0 fully saturated rings. The fourth-order valence-electron chi connectivity index (χ4n) is 3.40. The second-order valence-corrected chi connectivity index (χ2v) is 6.73. The molecule has 0 spiro atoms. The molecule has 0 bridgehead atoms. The van der Waals surface area contributed by atoms with Crippen molar-refractivity contribution in [3.8, 4) is 11.5 Å². The largest absolute Gasteiger partial charge is 0.493 e. The highest BCUT2D eigenvalue weighted by atomic mass is 16.5. The zero-order valence-electron chi connectivity index (χ0n) is 17.6. The highest BCUT2D eigenvalue weighted by Gasteiger charge is 2.37. The molecule has 0 radical (unpaired) electrons. The van der Waals surface area contributed by atoms with Crippen LogP contribution in [-0.2, 0) is 20.9 Å². The fourth-order valence-corrected chi connectivity index (χ4v) is 3.40. The van der Waals surface area contributed by atoms with Crippen LogP contribution in [-0.4, -0.2) is 37.6 Å². The van der Waals surface area contributed by atoms with Gasteiger partial charge in [0.25, 0.3) is 5.91 Å². The van der Waals surface area contributed by atoms with E-state index in [2.05, 4.69) is 0 Å². The van der Waals surface area contributed by atoms with E-state index >= 15 is 0 Å².